The van der Waals surface area contributed by atoms with E-state index in [9.17, 15) is 18.3 Å². The second-order valence-corrected chi connectivity index (χ2v) is 6.83. The molecule has 0 radical (unpaired) electrons. The van der Waals surface area contributed by atoms with Gasteiger partial charge in [0.05, 0.1) is 12.1 Å². The minimum absolute atomic E-state index is 0.125. The smallest absolute Gasteiger partial charge is 0.406 e. The molecule has 1 N–H and O–H groups in total. The van der Waals surface area contributed by atoms with Crippen LogP contribution in [0.2, 0.25) is 0 Å². The number of benzene rings is 1. The van der Waals surface area contributed by atoms with Crippen molar-refractivity contribution < 1.29 is 27.5 Å². The Hall–Kier alpha value is -2.13. The van der Waals surface area contributed by atoms with Gasteiger partial charge in [0, 0.05) is 18.7 Å². The fourth-order valence-corrected chi connectivity index (χ4v) is 3.26. The van der Waals surface area contributed by atoms with Gasteiger partial charge in [0.2, 0.25) is 11.7 Å². The molecule has 2 aromatic rings. The predicted molar refractivity (Wildman–Crippen MR) is 84.1 cm³/mol. The van der Waals surface area contributed by atoms with Crippen molar-refractivity contribution in [2.45, 2.75) is 37.8 Å². The Morgan fingerprint density at radius 1 is 1.23 bits per heavy atom. The minimum atomic E-state index is -4.73. The molecule has 1 aliphatic carbocycles. The van der Waals surface area contributed by atoms with Crippen molar-refractivity contribution in [3.05, 3.63) is 30.2 Å². The molecular weight excluding hydrogens is 351 g/mol. The number of halogens is 3. The van der Waals surface area contributed by atoms with Gasteiger partial charge in [0.1, 0.15) is 5.75 Å². The molecule has 2 aliphatic rings. The van der Waals surface area contributed by atoms with Crippen LogP contribution in [0.15, 0.2) is 28.8 Å². The molecule has 140 valence electrons. The van der Waals surface area contributed by atoms with Gasteiger partial charge in [-0.2, -0.15) is 4.98 Å². The molecule has 1 aliphatic heterocycles. The monoisotopic (exact) mass is 369 g/mol. The van der Waals surface area contributed by atoms with E-state index in [1.165, 1.54) is 37.1 Å². The summed E-state index contributed by atoms with van der Waals surface area (Å²) in [6, 6.07) is 5.18. The maximum absolute atomic E-state index is 12.2. The van der Waals surface area contributed by atoms with Gasteiger partial charge in [-0.1, -0.05) is 5.16 Å². The summed E-state index contributed by atoms with van der Waals surface area (Å²) in [7, 11) is 0. The van der Waals surface area contributed by atoms with Crippen molar-refractivity contribution in [2.24, 2.45) is 5.92 Å². The zero-order chi connectivity index (χ0) is 18.3. The Labute approximate surface area is 147 Å². The number of likely N-dealkylation sites (tertiary alicyclic amines) is 1. The van der Waals surface area contributed by atoms with Crippen LogP contribution in [0.1, 0.15) is 31.2 Å². The molecule has 1 saturated carbocycles. The normalized spacial score (nSPS) is 24.2. The number of aliphatic hydroxyl groups is 1. The Morgan fingerprint density at radius 2 is 1.96 bits per heavy atom. The van der Waals surface area contributed by atoms with Gasteiger partial charge < -0.3 is 14.4 Å². The van der Waals surface area contributed by atoms with E-state index in [0.29, 0.717) is 36.2 Å². The Bertz CT molecular complexity index is 759. The standard InChI is InChI=1S/C17H18F3N3O3/c18-17(19,20)25-13-5-3-11(4-6-13)15-21-16(26-22-15)14-7-12(24)9-23(14)8-10-1-2-10/h3-6,10,12,14,24H,1-2,7-9H2/t12-,14+/m1/s1. The Morgan fingerprint density at radius 3 is 2.62 bits per heavy atom. The largest absolute Gasteiger partial charge is 0.573 e. The van der Waals surface area contributed by atoms with Gasteiger partial charge in [0.25, 0.3) is 0 Å². The molecule has 2 fully saturated rings. The first-order chi connectivity index (χ1) is 12.4. The van der Waals surface area contributed by atoms with Gasteiger partial charge in [-0.25, -0.2) is 0 Å². The summed E-state index contributed by atoms with van der Waals surface area (Å²) in [5.41, 5.74) is 0.529. The summed E-state index contributed by atoms with van der Waals surface area (Å²) in [6.45, 7) is 1.49. The third kappa shape index (κ3) is 3.99. The summed E-state index contributed by atoms with van der Waals surface area (Å²) in [5.74, 6) is 1.09. The second kappa shape index (κ2) is 6.55. The van der Waals surface area contributed by atoms with E-state index in [2.05, 4.69) is 19.8 Å². The van der Waals surface area contributed by atoms with Crippen molar-refractivity contribution >= 4 is 0 Å². The van der Waals surface area contributed by atoms with E-state index in [0.717, 1.165) is 6.54 Å². The summed E-state index contributed by atoms with van der Waals surface area (Å²) >= 11 is 0. The van der Waals surface area contributed by atoms with Crippen LogP contribution in [0.25, 0.3) is 11.4 Å². The van der Waals surface area contributed by atoms with Crippen molar-refractivity contribution in [2.75, 3.05) is 13.1 Å². The van der Waals surface area contributed by atoms with Crippen LogP contribution in [0, 0.1) is 5.92 Å². The van der Waals surface area contributed by atoms with Crippen molar-refractivity contribution in [1.29, 1.82) is 0 Å². The number of hydrogen-bond acceptors (Lipinski definition) is 6. The molecule has 6 nitrogen and oxygen atoms in total. The summed E-state index contributed by atoms with van der Waals surface area (Å²) in [6.07, 6.45) is -2.20. The van der Waals surface area contributed by atoms with Crippen LogP contribution in [-0.2, 0) is 0 Å². The maximum atomic E-state index is 12.2. The molecule has 2 atom stereocenters. The number of rotatable bonds is 5. The number of alkyl halides is 3. The predicted octanol–water partition coefficient (Wildman–Crippen LogP) is 3.15. The third-order valence-electron chi connectivity index (χ3n) is 4.64. The molecule has 26 heavy (non-hydrogen) atoms. The molecular formula is C17H18F3N3O3. The fraction of sp³-hybridized carbons (Fsp3) is 0.529. The van der Waals surface area contributed by atoms with E-state index in [4.69, 9.17) is 4.52 Å². The second-order valence-electron chi connectivity index (χ2n) is 6.83. The minimum Gasteiger partial charge on any atom is -0.406 e. The number of ether oxygens (including phenoxy) is 1. The van der Waals surface area contributed by atoms with Gasteiger partial charge in [-0.05, 0) is 49.4 Å². The van der Waals surface area contributed by atoms with E-state index in [1.807, 2.05) is 0 Å². The highest BCUT2D eigenvalue weighted by Gasteiger charge is 2.38. The quantitative estimate of drug-likeness (QED) is 0.873. The number of β-amino-alcohol motifs (C(OH)–C–C–N with tert-alkyl or cyclic N) is 1. The molecule has 1 saturated heterocycles. The highest BCUT2D eigenvalue weighted by Crippen LogP contribution is 2.37. The van der Waals surface area contributed by atoms with Crippen LogP contribution < -0.4 is 4.74 Å². The highest BCUT2D eigenvalue weighted by atomic mass is 19.4. The maximum Gasteiger partial charge on any atom is 0.573 e. The van der Waals surface area contributed by atoms with Crippen molar-refractivity contribution in [3.63, 3.8) is 0 Å². The lowest BCUT2D eigenvalue weighted by Crippen LogP contribution is -2.27. The zero-order valence-electron chi connectivity index (χ0n) is 13.8. The van der Waals surface area contributed by atoms with Gasteiger partial charge in [-0.3, -0.25) is 4.90 Å². The first kappa shape index (κ1) is 17.3. The number of hydrogen-bond donors (Lipinski definition) is 1. The van der Waals surface area contributed by atoms with Crippen molar-refractivity contribution in [3.8, 4) is 17.1 Å². The Kier molecular flexibility index (Phi) is 4.36. The molecule has 0 bridgehead atoms. The lowest BCUT2D eigenvalue weighted by molar-refractivity contribution is -0.274. The molecule has 2 heterocycles. The first-order valence-electron chi connectivity index (χ1n) is 8.49. The third-order valence-corrected chi connectivity index (χ3v) is 4.64. The van der Waals surface area contributed by atoms with Crippen molar-refractivity contribution in [1.82, 2.24) is 15.0 Å². The number of nitrogens with zero attached hydrogens (tertiary/aromatic N) is 3. The summed E-state index contributed by atoms with van der Waals surface area (Å²) in [5, 5.41) is 13.9. The van der Waals surface area contributed by atoms with E-state index >= 15 is 0 Å². The van der Waals surface area contributed by atoms with Gasteiger partial charge in [0.15, 0.2) is 0 Å². The zero-order valence-corrected chi connectivity index (χ0v) is 13.8. The van der Waals surface area contributed by atoms with Gasteiger partial charge >= 0.3 is 6.36 Å². The first-order valence-corrected chi connectivity index (χ1v) is 8.49. The molecule has 1 aromatic heterocycles. The van der Waals surface area contributed by atoms with E-state index in [-0.39, 0.29) is 11.8 Å². The molecule has 0 amide bonds. The van der Waals surface area contributed by atoms with E-state index < -0.39 is 12.5 Å². The molecule has 9 heteroatoms. The average Bonchev–Trinajstić information content (AvgIpc) is 3.11. The van der Waals surface area contributed by atoms with Crippen LogP contribution in [0.3, 0.4) is 0 Å². The number of aromatic nitrogens is 2. The highest BCUT2D eigenvalue weighted by molar-refractivity contribution is 5.55. The Balaban J connectivity index is 1.48. The summed E-state index contributed by atoms with van der Waals surface area (Å²) in [4.78, 5) is 6.55. The van der Waals surface area contributed by atoms with Crippen LogP contribution in [0.5, 0.6) is 5.75 Å². The summed E-state index contributed by atoms with van der Waals surface area (Å²) < 4.78 is 45.9. The van der Waals surface area contributed by atoms with Crippen LogP contribution >= 0.6 is 0 Å². The van der Waals surface area contributed by atoms with Gasteiger partial charge in [-0.15, -0.1) is 13.2 Å². The SMILES string of the molecule is O[C@@H]1C[C@@H](c2nc(-c3ccc(OC(F)(F)F)cc3)no2)N(CC2CC2)C1. The van der Waals surface area contributed by atoms with Crippen LogP contribution in [-0.4, -0.2) is 45.7 Å². The lowest BCUT2D eigenvalue weighted by atomic mass is 10.2. The number of aliphatic hydroxyl groups excluding tert-OH is 1. The average molecular weight is 369 g/mol. The molecule has 1 aromatic carbocycles. The molecule has 0 spiro atoms. The topological polar surface area (TPSA) is 71.6 Å². The van der Waals surface area contributed by atoms with Crippen LogP contribution in [0.4, 0.5) is 13.2 Å². The fourth-order valence-electron chi connectivity index (χ4n) is 3.26. The van der Waals surface area contributed by atoms with E-state index in [1.54, 1.807) is 0 Å². The molecule has 4 rings (SSSR count). The molecule has 0 unspecified atom stereocenters. The lowest BCUT2D eigenvalue weighted by Gasteiger charge is -2.20.